The average Bonchev–Trinajstić information content (AvgIpc) is 2.62. The fraction of sp³-hybridized carbons (Fsp3) is 0.450. The van der Waals surface area contributed by atoms with Crippen molar-refractivity contribution in [2.45, 2.75) is 25.4 Å². The summed E-state index contributed by atoms with van der Waals surface area (Å²) in [5.41, 5.74) is 2.47. The quantitative estimate of drug-likeness (QED) is 0.858. The first-order valence-electron chi connectivity index (χ1n) is 8.81. The Morgan fingerprint density at radius 1 is 1.08 bits per heavy atom. The second kappa shape index (κ2) is 6.56. The van der Waals surface area contributed by atoms with E-state index >= 15 is 0 Å². The van der Waals surface area contributed by atoms with Gasteiger partial charge in [-0.3, -0.25) is 9.69 Å². The zero-order valence-electron chi connectivity index (χ0n) is 14.8. The molecule has 2 atom stereocenters. The van der Waals surface area contributed by atoms with Crippen molar-refractivity contribution in [2.24, 2.45) is 5.92 Å². The summed E-state index contributed by atoms with van der Waals surface area (Å²) in [6.45, 7) is 3.65. The summed E-state index contributed by atoms with van der Waals surface area (Å²) in [4.78, 5) is 14.6. The molecule has 132 valence electrons. The maximum absolute atomic E-state index is 12.1. The van der Waals surface area contributed by atoms with Gasteiger partial charge in [0.15, 0.2) is 0 Å². The Morgan fingerprint density at radius 3 is 2.76 bits per heavy atom. The van der Waals surface area contributed by atoms with Gasteiger partial charge in [0, 0.05) is 49.4 Å². The zero-order valence-corrected chi connectivity index (χ0v) is 14.8. The summed E-state index contributed by atoms with van der Waals surface area (Å²) in [6.07, 6.45) is 1.18. The van der Waals surface area contributed by atoms with Crippen molar-refractivity contribution in [2.75, 3.05) is 27.3 Å². The molecule has 3 heterocycles. The summed E-state index contributed by atoms with van der Waals surface area (Å²) in [6, 6.07) is 11.6. The first-order valence-corrected chi connectivity index (χ1v) is 8.81. The van der Waals surface area contributed by atoms with Crippen LogP contribution in [0.1, 0.15) is 23.6 Å². The van der Waals surface area contributed by atoms with Crippen LogP contribution in [0.4, 0.5) is 0 Å². The van der Waals surface area contributed by atoms with Gasteiger partial charge in [0.25, 0.3) is 5.56 Å². The fourth-order valence-electron chi connectivity index (χ4n) is 4.37. The van der Waals surface area contributed by atoms with Crippen molar-refractivity contribution in [3.05, 3.63) is 58.0 Å². The molecular weight excluding hydrogens is 316 g/mol. The van der Waals surface area contributed by atoms with Gasteiger partial charge in [0.1, 0.15) is 11.5 Å². The number of benzene rings is 1. The molecule has 2 aliphatic heterocycles. The van der Waals surface area contributed by atoms with Crippen LogP contribution in [0.25, 0.3) is 0 Å². The van der Waals surface area contributed by atoms with E-state index in [-0.39, 0.29) is 5.56 Å². The Labute approximate surface area is 147 Å². The van der Waals surface area contributed by atoms with Gasteiger partial charge in [0.2, 0.25) is 0 Å². The van der Waals surface area contributed by atoms with E-state index in [1.54, 1.807) is 20.3 Å². The number of piperidine rings is 1. The van der Waals surface area contributed by atoms with Gasteiger partial charge >= 0.3 is 0 Å². The predicted octanol–water partition coefficient (Wildman–Crippen LogP) is 2.48. The number of fused-ring (bicyclic) bond motifs is 4. The van der Waals surface area contributed by atoms with Crippen LogP contribution in [0.2, 0.25) is 0 Å². The number of likely N-dealkylation sites (tertiary alicyclic amines) is 1. The minimum atomic E-state index is 0.134. The van der Waals surface area contributed by atoms with Gasteiger partial charge in [-0.1, -0.05) is 6.07 Å². The van der Waals surface area contributed by atoms with E-state index in [0.29, 0.717) is 11.8 Å². The van der Waals surface area contributed by atoms with Crippen molar-refractivity contribution in [1.82, 2.24) is 9.47 Å². The molecule has 0 unspecified atom stereocenters. The van der Waals surface area contributed by atoms with Crippen LogP contribution in [-0.2, 0) is 13.1 Å². The number of methoxy groups -OCH3 is 2. The third-order valence-corrected chi connectivity index (χ3v) is 5.44. The van der Waals surface area contributed by atoms with Crippen LogP contribution in [0.5, 0.6) is 11.5 Å². The van der Waals surface area contributed by atoms with E-state index in [0.717, 1.165) is 43.2 Å². The van der Waals surface area contributed by atoms with Crippen molar-refractivity contribution in [3.63, 3.8) is 0 Å². The molecule has 1 saturated heterocycles. The van der Waals surface area contributed by atoms with Crippen LogP contribution in [0, 0.1) is 5.92 Å². The molecule has 2 bridgehead atoms. The normalized spacial score (nSPS) is 22.3. The number of pyridine rings is 1. The number of hydrogen-bond donors (Lipinski definition) is 0. The molecule has 0 amide bonds. The number of hydrogen-bond acceptors (Lipinski definition) is 4. The van der Waals surface area contributed by atoms with Crippen LogP contribution >= 0.6 is 0 Å². The van der Waals surface area contributed by atoms with Crippen LogP contribution in [0.15, 0.2) is 41.2 Å². The minimum Gasteiger partial charge on any atom is -0.497 e. The van der Waals surface area contributed by atoms with E-state index in [1.165, 1.54) is 12.1 Å². The molecule has 0 radical (unpaired) electrons. The lowest BCUT2D eigenvalue weighted by Gasteiger charge is -2.42. The molecule has 0 spiro atoms. The molecule has 5 nitrogen and oxygen atoms in total. The SMILES string of the molecule is COc1ccc(OC)c(CN2C[C@@H]3C[C@H](C2)c2cccc(=O)n2C3)c1. The van der Waals surface area contributed by atoms with Gasteiger partial charge in [-0.15, -0.1) is 0 Å². The minimum absolute atomic E-state index is 0.134. The standard InChI is InChI=1S/C20H24N2O3/c1-24-17-6-7-19(25-2)16(9-17)13-21-10-14-8-15(12-21)18-4-3-5-20(23)22(18)11-14/h3-7,9,14-15H,8,10-13H2,1-2H3/t14-,15+/m0/s1. The summed E-state index contributed by atoms with van der Waals surface area (Å²) >= 11 is 0. The molecule has 0 saturated carbocycles. The lowest BCUT2D eigenvalue weighted by molar-refractivity contribution is 0.113. The van der Waals surface area contributed by atoms with Crippen molar-refractivity contribution in [3.8, 4) is 11.5 Å². The highest BCUT2D eigenvalue weighted by molar-refractivity contribution is 5.40. The molecular formula is C20H24N2O3. The first kappa shape index (κ1) is 16.2. The second-order valence-corrected chi connectivity index (χ2v) is 7.07. The Bertz CT molecular complexity index is 830. The highest BCUT2D eigenvalue weighted by atomic mass is 16.5. The number of ether oxygens (including phenoxy) is 2. The van der Waals surface area contributed by atoms with Crippen molar-refractivity contribution in [1.29, 1.82) is 0 Å². The summed E-state index contributed by atoms with van der Waals surface area (Å²) < 4.78 is 12.9. The molecule has 5 heteroatoms. The van der Waals surface area contributed by atoms with Gasteiger partial charge in [-0.2, -0.15) is 0 Å². The van der Waals surface area contributed by atoms with Crippen molar-refractivity contribution < 1.29 is 9.47 Å². The maximum Gasteiger partial charge on any atom is 0.250 e. The molecule has 2 aromatic rings. The molecule has 1 aromatic carbocycles. The Hall–Kier alpha value is -2.27. The highest BCUT2D eigenvalue weighted by Crippen LogP contribution is 2.36. The number of nitrogens with zero attached hydrogens (tertiary/aromatic N) is 2. The molecule has 0 N–H and O–H groups in total. The predicted molar refractivity (Wildman–Crippen MR) is 96.4 cm³/mol. The molecule has 2 aliphatic rings. The summed E-state index contributed by atoms with van der Waals surface area (Å²) in [5, 5.41) is 0. The largest absolute Gasteiger partial charge is 0.497 e. The summed E-state index contributed by atoms with van der Waals surface area (Å²) in [7, 11) is 3.39. The Kier molecular flexibility index (Phi) is 4.25. The second-order valence-electron chi connectivity index (χ2n) is 7.07. The van der Waals surface area contributed by atoms with E-state index in [2.05, 4.69) is 17.0 Å². The summed E-state index contributed by atoms with van der Waals surface area (Å²) in [5.74, 6) is 2.71. The van der Waals surface area contributed by atoms with Crippen LogP contribution in [-0.4, -0.2) is 36.8 Å². The molecule has 1 fully saturated rings. The highest BCUT2D eigenvalue weighted by Gasteiger charge is 2.34. The van der Waals surface area contributed by atoms with E-state index in [9.17, 15) is 4.79 Å². The topological polar surface area (TPSA) is 43.7 Å². The molecule has 1 aromatic heterocycles. The first-order chi connectivity index (χ1) is 12.2. The van der Waals surface area contributed by atoms with E-state index in [1.807, 2.05) is 22.8 Å². The smallest absolute Gasteiger partial charge is 0.250 e. The molecule has 4 rings (SSSR count). The average molecular weight is 340 g/mol. The third-order valence-electron chi connectivity index (χ3n) is 5.44. The molecule has 25 heavy (non-hydrogen) atoms. The number of rotatable bonds is 4. The zero-order chi connectivity index (χ0) is 17.4. The van der Waals surface area contributed by atoms with Crippen LogP contribution < -0.4 is 15.0 Å². The van der Waals surface area contributed by atoms with Gasteiger partial charge < -0.3 is 14.0 Å². The van der Waals surface area contributed by atoms with Crippen molar-refractivity contribution >= 4 is 0 Å². The Balaban J connectivity index is 1.58. The molecule has 0 aliphatic carbocycles. The van der Waals surface area contributed by atoms with E-state index < -0.39 is 0 Å². The fourth-order valence-corrected chi connectivity index (χ4v) is 4.37. The Morgan fingerprint density at radius 2 is 1.96 bits per heavy atom. The maximum atomic E-state index is 12.1. The lowest BCUT2D eigenvalue weighted by atomic mass is 9.83. The number of aromatic nitrogens is 1. The third kappa shape index (κ3) is 3.04. The lowest BCUT2D eigenvalue weighted by Crippen LogP contribution is -2.46. The monoisotopic (exact) mass is 340 g/mol. The van der Waals surface area contributed by atoms with Gasteiger partial charge in [-0.25, -0.2) is 0 Å². The van der Waals surface area contributed by atoms with E-state index in [4.69, 9.17) is 9.47 Å². The van der Waals surface area contributed by atoms with Gasteiger partial charge in [-0.05, 0) is 36.6 Å². The van der Waals surface area contributed by atoms with Crippen LogP contribution in [0.3, 0.4) is 0 Å². The van der Waals surface area contributed by atoms with Gasteiger partial charge in [0.05, 0.1) is 14.2 Å².